The molecule has 0 spiro atoms. The van der Waals surface area contributed by atoms with E-state index in [-0.39, 0.29) is 25.0 Å². The predicted molar refractivity (Wildman–Crippen MR) is 117 cm³/mol. The van der Waals surface area contributed by atoms with E-state index >= 15 is 0 Å². The molecule has 0 aliphatic carbocycles. The van der Waals surface area contributed by atoms with Gasteiger partial charge in [0.15, 0.2) is 6.10 Å². The molecule has 174 valence electrons. The molecule has 0 bridgehead atoms. The SMILES string of the molecule is Cc1ccc2ncn(CCCN3CCN([C@@H]4C[C@H]5OC[C@H](O[N+](=O)[O-])[C@H]5O4)CC3)c2c1C. The lowest BCUT2D eigenvalue weighted by Crippen LogP contribution is -2.51. The minimum Gasteiger partial charge on any atom is -0.373 e. The molecule has 4 heterocycles. The molecule has 3 fully saturated rings. The van der Waals surface area contributed by atoms with Crippen molar-refractivity contribution in [2.75, 3.05) is 39.3 Å². The van der Waals surface area contributed by atoms with Gasteiger partial charge in [-0.2, -0.15) is 0 Å². The number of imidazole rings is 1. The summed E-state index contributed by atoms with van der Waals surface area (Å²) in [6.45, 7) is 10.4. The van der Waals surface area contributed by atoms with Gasteiger partial charge in [0.1, 0.15) is 12.3 Å². The molecule has 10 nitrogen and oxygen atoms in total. The zero-order valence-electron chi connectivity index (χ0n) is 18.7. The molecule has 0 N–H and O–H groups in total. The van der Waals surface area contributed by atoms with Crippen LogP contribution in [0.1, 0.15) is 24.0 Å². The highest BCUT2D eigenvalue weighted by molar-refractivity contribution is 5.80. The first-order valence-corrected chi connectivity index (χ1v) is 11.5. The van der Waals surface area contributed by atoms with Crippen molar-refractivity contribution < 1.29 is 19.4 Å². The lowest BCUT2D eigenvalue weighted by molar-refractivity contribution is -0.769. The van der Waals surface area contributed by atoms with Crippen LogP contribution in [0.4, 0.5) is 0 Å². The van der Waals surface area contributed by atoms with Gasteiger partial charge in [0.05, 0.1) is 30.1 Å². The molecule has 0 radical (unpaired) electrons. The summed E-state index contributed by atoms with van der Waals surface area (Å²) in [5, 5.41) is 9.92. The standard InChI is InChI=1S/C22H31N5O5/c1-15-4-5-17-21(16(15)2)26(14-23-17)7-3-6-24-8-10-25(11-9-24)20-12-18-22(31-20)19(13-30-18)32-27(28)29/h4-5,14,18-20,22H,3,6-13H2,1-2H3/t18-,19+,20+,22+/m1/s1. The Morgan fingerprint density at radius 2 is 2.03 bits per heavy atom. The molecular formula is C22H31N5O5. The number of benzene rings is 1. The quantitative estimate of drug-likeness (QED) is 0.470. The van der Waals surface area contributed by atoms with Crippen molar-refractivity contribution in [3.8, 4) is 0 Å². The second-order valence-corrected chi connectivity index (χ2v) is 9.07. The zero-order valence-corrected chi connectivity index (χ0v) is 18.7. The fourth-order valence-corrected chi connectivity index (χ4v) is 5.25. The van der Waals surface area contributed by atoms with Crippen LogP contribution in [0.25, 0.3) is 11.0 Å². The molecule has 0 saturated carbocycles. The number of hydrogen-bond donors (Lipinski definition) is 0. The largest absolute Gasteiger partial charge is 0.373 e. The van der Waals surface area contributed by atoms with Crippen LogP contribution in [0.5, 0.6) is 0 Å². The normalized spacial score (nSPS) is 28.9. The van der Waals surface area contributed by atoms with Gasteiger partial charge in [0.2, 0.25) is 0 Å². The minimum absolute atomic E-state index is 0.0474. The van der Waals surface area contributed by atoms with E-state index in [4.69, 9.17) is 14.3 Å². The summed E-state index contributed by atoms with van der Waals surface area (Å²) in [6, 6.07) is 4.24. The molecule has 32 heavy (non-hydrogen) atoms. The molecule has 1 aromatic heterocycles. The van der Waals surface area contributed by atoms with Gasteiger partial charge in [0, 0.05) is 39.1 Å². The van der Waals surface area contributed by atoms with Crippen molar-refractivity contribution in [1.82, 2.24) is 19.4 Å². The van der Waals surface area contributed by atoms with Crippen molar-refractivity contribution >= 4 is 11.0 Å². The van der Waals surface area contributed by atoms with Crippen LogP contribution >= 0.6 is 0 Å². The van der Waals surface area contributed by atoms with E-state index in [2.05, 4.69) is 45.3 Å². The van der Waals surface area contributed by atoms with Crippen LogP contribution in [0.15, 0.2) is 18.5 Å². The van der Waals surface area contributed by atoms with Crippen LogP contribution in [0, 0.1) is 24.0 Å². The molecule has 4 atom stereocenters. The Bertz CT molecular complexity index is 973. The summed E-state index contributed by atoms with van der Waals surface area (Å²) < 4.78 is 14.1. The van der Waals surface area contributed by atoms with Crippen molar-refractivity contribution in [2.24, 2.45) is 0 Å². The Morgan fingerprint density at radius 3 is 2.81 bits per heavy atom. The number of aryl methyl sites for hydroxylation is 3. The van der Waals surface area contributed by atoms with E-state index < -0.39 is 11.2 Å². The lowest BCUT2D eigenvalue weighted by Gasteiger charge is -2.37. The fraction of sp³-hybridized carbons (Fsp3) is 0.682. The average Bonchev–Trinajstić information content (AvgIpc) is 3.47. The molecule has 1 aromatic carbocycles. The summed E-state index contributed by atoms with van der Waals surface area (Å²) in [7, 11) is 0. The molecule has 0 amide bonds. The van der Waals surface area contributed by atoms with Crippen LogP contribution in [-0.4, -0.2) is 88.3 Å². The zero-order chi connectivity index (χ0) is 22.2. The number of piperazine rings is 1. The highest BCUT2D eigenvalue weighted by Gasteiger charge is 2.49. The first-order chi connectivity index (χ1) is 15.5. The molecule has 3 aliphatic rings. The van der Waals surface area contributed by atoms with Gasteiger partial charge in [-0.05, 0) is 44.0 Å². The monoisotopic (exact) mass is 445 g/mol. The second kappa shape index (κ2) is 8.93. The molecule has 5 rings (SSSR count). The van der Waals surface area contributed by atoms with E-state index in [0.29, 0.717) is 0 Å². The summed E-state index contributed by atoms with van der Waals surface area (Å²) >= 11 is 0. The number of nitrogens with zero attached hydrogens (tertiary/aromatic N) is 5. The molecule has 2 aromatic rings. The van der Waals surface area contributed by atoms with Gasteiger partial charge in [-0.1, -0.05) is 6.07 Å². The van der Waals surface area contributed by atoms with Crippen molar-refractivity contribution in [3.63, 3.8) is 0 Å². The maximum absolute atomic E-state index is 10.7. The molecule has 3 saturated heterocycles. The van der Waals surface area contributed by atoms with Gasteiger partial charge in [0.25, 0.3) is 5.09 Å². The number of aromatic nitrogens is 2. The number of ether oxygens (including phenoxy) is 2. The number of fused-ring (bicyclic) bond motifs is 2. The topological polar surface area (TPSA) is 95.1 Å². The van der Waals surface area contributed by atoms with E-state index in [1.807, 2.05) is 6.33 Å². The van der Waals surface area contributed by atoms with Gasteiger partial charge in [-0.15, -0.1) is 10.1 Å². The first-order valence-electron chi connectivity index (χ1n) is 11.5. The van der Waals surface area contributed by atoms with E-state index in [9.17, 15) is 10.1 Å². The molecular weight excluding hydrogens is 414 g/mol. The Balaban J connectivity index is 1.08. The van der Waals surface area contributed by atoms with Crippen LogP contribution in [-0.2, 0) is 20.9 Å². The molecule has 10 heteroatoms. The Kier molecular flexibility index (Phi) is 6.02. The van der Waals surface area contributed by atoms with Crippen molar-refractivity contribution in [1.29, 1.82) is 0 Å². The van der Waals surface area contributed by atoms with E-state index in [0.717, 1.165) is 57.6 Å². The number of rotatable bonds is 7. The van der Waals surface area contributed by atoms with Gasteiger partial charge in [-0.25, -0.2) is 4.98 Å². The van der Waals surface area contributed by atoms with E-state index in [1.165, 1.54) is 16.6 Å². The van der Waals surface area contributed by atoms with Gasteiger partial charge >= 0.3 is 0 Å². The Labute approximate surface area is 187 Å². The second-order valence-electron chi connectivity index (χ2n) is 9.07. The molecule has 3 aliphatic heterocycles. The first kappa shape index (κ1) is 21.6. The van der Waals surface area contributed by atoms with E-state index in [1.54, 1.807) is 0 Å². The van der Waals surface area contributed by atoms with Crippen LogP contribution in [0.2, 0.25) is 0 Å². The predicted octanol–water partition coefficient (Wildman–Crippen LogP) is 1.75. The third kappa shape index (κ3) is 4.19. The van der Waals surface area contributed by atoms with Crippen molar-refractivity contribution in [3.05, 3.63) is 39.7 Å². The Morgan fingerprint density at radius 1 is 1.22 bits per heavy atom. The highest BCUT2D eigenvalue weighted by Crippen LogP contribution is 2.34. The minimum atomic E-state index is -0.749. The summed E-state index contributed by atoms with van der Waals surface area (Å²) in [4.78, 5) is 24.8. The highest BCUT2D eigenvalue weighted by atomic mass is 17.0. The maximum atomic E-state index is 10.7. The van der Waals surface area contributed by atoms with Gasteiger partial charge in [-0.3, -0.25) is 4.90 Å². The van der Waals surface area contributed by atoms with Crippen molar-refractivity contribution in [2.45, 2.75) is 57.8 Å². The summed E-state index contributed by atoms with van der Waals surface area (Å²) in [5.41, 5.74) is 4.93. The maximum Gasteiger partial charge on any atom is 0.294 e. The average molecular weight is 446 g/mol. The fourth-order valence-electron chi connectivity index (χ4n) is 5.25. The van der Waals surface area contributed by atoms with Crippen LogP contribution in [0.3, 0.4) is 0 Å². The number of hydrogen-bond acceptors (Lipinski definition) is 8. The Hall–Kier alpha value is -2.27. The summed E-state index contributed by atoms with van der Waals surface area (Å²) in [5.74, 6) is 0. The van der Waals surface area contributed by atoms with Crippen LogP contribution < -0.4 is 0 Å². The smallest absolute Gasteiger partial charge is 0.294 e. The summed E-state index contributed by atoms with van der Waals surface area (Å²) in [6.07, 6.45) is 2.66. The third-order valence-electron chi connectivity index (χ3n) is 7.17. The lowest BCUT2D eigenvalue weighted by atomic mass is 10.1. The molecule has 0 unspecified atom stereocenters. The third-order valence-corrected chi connectivity index (χ3v) is 7.17. The van der Waals surface area contributed by atoms with Gasteiger partial charge < -0.3 is 23.8 Å².